The molecule has 1 atom stereocenters. The molecule has 0 spiro atoms. The van der Waals surface area contributed by atoms with E-state index in [2.05, 4.69) is 21.0 Å². The molecule has 8 heteroatoms. The zero-order valence-electron chi connectivity index (χ0n) is 16.6. The van der Waals surface area contributed by atoms with Crippen molar-refractivity contribution < 1.29 is 4.42 Å². The summed E-state index contributed by atoms with van der Waals surface area (Å²) in [6.07, 6.45) is 7.08. The summed E-state index contributed by atoms with van der Waals surface area (Å²) in [5.74, 6) is 1.86. The predicted molar refractivity (Wildman–Crippen MR) is 118 cm³/mol. The molecule has 1 aliphatic heterocycles. The Morgan fingerprint density at radius 3 is 2.52 bits per heavy atom. The first-order valence-corrected chi connectivity index (χ1v) is 11.4. The van der Waals surface area contributed by atoms with E-state index in [-0.39, 0.29) is 27.2 Å². The van der Waals surface area contributed by atoms with Gasteiger partial charge in [-0.3, -0.25) is 9.59 Å². The molecule has 3 aromatic heterocycles. The van der Waals surface area contributed by atoms with Crippen molar-refractivity contribution >= 4 is 35.3 Å². The molecular weight excluding hydrogens is 406 g/mol. The summed E-state index contributed by atoms with van der Waals surface area (Å²) in [6, 6.07) is 4.12. The number of thiophene rings is 1. The molecular formula is C21H23N3O3S2. The van der Waals surface area contributed by atoms with Crippen molar-refractivity contribution in [3.8, 4) is 0 Å². The van der Waals surface area contributed by atoms with E-state index in [1.165, 1.54) is 29.9 Å². The second kappa shape index (κ2) is 7.84. The monoisotopic (exact) mass is 429 g/mol. The van der Waals surface area contributed by atoms with Gasteiger partial charge in [0.15, 0.2) is 6.39 Å². The second-order valence-corrected chi connectivity index (χ2v) is 10.5. The highest BCUT2D eigenvalue weighted by Crippen LogP contribution is 2.42. The average molecular weight is 430 g/mol. The molecule has 0 aromatic carbocycles. The number of nitrogens with zero attached hydrogens (tertiary/aromatic N) is 1. The van der Waals surface area contributed by atoms with Gasteiger partial charge < -0.3 is 14.4 Å². The first-order chi connectivity index (χ1) is 13.8. The summed E-state index contributed by atoms with van der Waals surface area (Å²) < 4.78 is 5.47. The first kappa shape index (κ1) is 20.0. The SMILES string of the molecule is CC(C)(C)c1ocnc1/C=c1\[nH]c(=O)/c(=C/c2ccc(C3CCCS3)s2)[nH]c1=O. The highest BCUT2D eigenvalue weighted by atomic mass is 32.2. The molecule has 0 saturated carbocycles. The zero-order chi connectivity index (χ0) is 20.6. The number of H-pyrrole nitrogens is 2. The third-order valence-corrected chi connectivity index (χ3v) is 7.44. The molecule has 6 nitrogen and oxygen atoms in total. The minimum Gasteiger partial charge on any atom is -0.447 e. The minimum absolute atomic E-state index is 0.153. The van der Waals surface area contributed by atoms with E-state index < -0.39 is 0 Å². The Morgan fingerprint density at radius 2 is 1.86 bits per heavy atom. The van der Waals surface area contributed by atoms with E-state index in [0.717, 1.165) is 4.88 Å². The van der Waals surface area contributed by atoms with Crippen molar-refractivity contribution in [1.29, 1.82) is 0 Å². The third-order valence-electron chi connectivity index (χ3n) is 4.72. The van der Waals surface area contributed by atoms with Gasteiger partial charge in [-0.15, -0.1) is 11.3 Å². The average Bonchev–Trinajstić information content (AvgIpc) is 3.39. The lowest BCUT2D eigenvalue weighted by Gasteiger charge is -2.14. The molecule has 1 saturated heterocycles. The van der Waals surface area contributed by atoms with Crippen LogP contribution in [-0.2, 0) is 5.41 Å². The number of hydrogen-bond donors (Lipinski definition) is 2. The number of aromatic nitrogens is 3. The molecule has 0 amide bonds. The Hall–Kier alpha value is -2.32. The van der Waals surface area contributed by atoms with E-state index in [9.17, 15) is 9.59 Å². The van der Waals surface area contributed by atoms with Crippen molar-refractivity contribution in [2.45, 2.75) is 44.3 Å². The summed E-state index contributed by atoms with van der Waals surface area (Å²) in [6.45, 7) is 5.99. The third kappa shape index (κ3) is 4.33. The number of rotatable bonds is 3. The smallest absolute Gasteiger partial charge is 0.272 e. The van der Waals surface area contributed by atoms with Gasteiger partial charge in [-0.05, 0) is 42.9 Å². The molecule has 1 fully saturated rings. The lowest BCUT2D eigenvalue weighted by molar-refractivity contribution is 0.407. The van der Waals surface area contributed by atoms with Crippen LogP contribution in [-0.4, -0.2) is 20.7 Å². The van der Waals surface area contributed by atoms with Crippen LogP contribution in [0.3, 0.4) is 0 Å². The van der Waals surface area contributed by atoms with Crippen molar-refractivity contribution in [2.75, 3.05) is 5.75 Å². The van der Waals surface area contributed by atoms with Crippen LogP contribution in [0.15, 0.2) is 32.5 Å². The Labute approximate surface area is 175 Å². The van der Waals surface area contributed by atoms with Crippen LogP contribution in [0.25, 0.3) is 12.2 Å². The Kier molecular flexibility index (Phi) is 5.40. The van der Waals surface area contributed by atoms with E-state index in [4.69, 9.17) is 4.42 Å². The van der Waals surface area contributed by atoms with Gasteiger partial charge in [0.2, 0.25) is 0 Å². The largest absolute Gasteiger partial charge is 0.447 e. The van der Waals surface area contributed by atoms with Crippen molar-refractivity contribution in [2.24, 2.45) is 0 Å². The van der Waals surface area contributed by atoms with E-state index >= 15 is 0 Å². The molecule has 0 bridgehead atoms. The number of nitrogens with one attached hydrogen (secondary N) is 2. The van der Waals surface area contributed by atoms with Crippen LogP contribution in [0.5, 0.6) is 0 Å². The quantitative estimate of drug-likeness (QED) is 0.668. The van der Waals surface area contributed by atoms with Crippen LogP contribution in [0.1, 0.15) is 60.1 Å². The topological polar surface area (TPSA) is 91.8 Å². The van der Waals surface area contributed by atoms with Crippen molar-refractivity contribution in [3.63, 3.8) is 0 Å². The molecule has 1 unspecified atom stereocenters. The van der Waals surface area contributed by atoms with Gasteiger partial charge in [0, 0.05) is 20.4 Å². The molecule has 152 valence electrons. The number of hydrogen-bond acceptors (Lipinski definition) is 6. The molecule has 0 radical (unpaired) electrons. The lowest BCUT2D eigenvalue weighted by atomic mass is 9.92. The fraction of sp³-hybridized carbons (Fsp3) is 0.381. The van der Waals surface area contributed by atoms with Gasteiger partial charge in [-0.25, -0.2) is 4.98 Å². The normalized spacial score (nSPS) is 18.7. The molecule has 2 N–H and O–H groups in total. The van der Waals surface area contributed by atoms with E-state index in [0.29, 0.717) is 16.7 Å². The fourth-order valence-electron chi connectivity index (χ4n) is 3.31. The maximum atomic E-state index is 12.5. The maximum absolute atomic E-state index is 12.5. The zero-order valence-corrected chi connectivity index (χ0v) is 18.2. The molecule has 3 aromatic rings. The summed E-state index contributed by atoms with van der Waals surface area (Å²) in [7, 11) is 0. The summed E-state index contributed by atoms with van der Waals surface area (Å²) >= 11 is 3.65. The van der Waals surface area contributed by atoms with Crippen LogP contribution >= 0.6 is 23.1 Å². The van der Waals surface area contributed by atoms with Gasteiger partial charge in [-0.1, -0.05) is 20.8 Å². The van der Waals surface area contributed by atoms with Crippen LogP contribution in [0, 0.1) is 0 Å². The van der Waals surface area contributed by atoms with Crippen molar-refractivity contribution in [1.82, 2.24) is 15.0 Å². The Balaban J connectivity index is 1.72. The highest BCUT2D eigenvalue weighted by Gasteiger charge is 2.22. The fourth-order valence-corrected chi connectivity index (χ4v) is 5.83. The van der Waals surface area contributed by atoms with Crippen molar-refractivity contribution in [3.05, 3.63) is 71.1 Å². The highest BCUT2D eigenvalue weighted by molar-refractivity contribution is 7.99. The van der Waals surface area contributed by atoms with Crippen LogP contribution in [0.2, 0.25) is 0 Å². The van der Waals surface area contributed by atoms with Gasteiger partial charge >= 0.3 is 0 Å². The Morgan fingerprint density at radius 1 is 1.14 bits per heavy atom. The molecule has 0 aliphatic carbocycles. The number of oxazole rings is 1. The van der Waals surface area contributed by atoms with Crippen LogP contribution in [0.4, 0.5) is 0 Å². The summed E-state index contributed by atoms with van der Waals surface area (Å²) in [4.78, 5) is 36.9. The molecule has 1 aliphatic rings. The second-order valence-electron chi connectivity index (χ2n) is 8.08. The Bertz CT molecular complexity index is 1250. The first-order valence-electron chi connectivity index (χ1n) is 9.52. The van der Waals surface area contributed by atoms with E-state index in [1.54, 1.807) is 23.5 Å². The number of thioether (sulfide) groups is 1. The van der Waals surface area contributed by atoms with Crippen LogP contribution < -0.4 is 21.8 Å². The standard InChI is InChI=1S/C21H23N3O3S2/c1-21(2,3)18-13(22-11-27-18)10-15-20(26)23-14(19(25)24-15)9-12-6-7-17(29-12)16-5-4-8-28-16/h6-7,9-11,16H,4-5,8H2,1-3H3,(H,23,26)(H,24,25)/b14-9-,15-10-. The van der Waals surface area contributed by atoms with Gasteiger partial charge in [-0.2, -0.15) is 11.8 Å². The molecule has 29 heavy (non-hydrogen) atoms. The maximum Gasteiger partial charge on any atom is 0.272 e. The molecule has 4 rings (SSSR count). The summed E-state index contributed by atoms with van der Waals surface area (Å²) in [5.41, 5.74) is -0.451. The van der Waals surface area contributed by atoms with E-state index in [1.807, 2.05) is 38.6 Å². The number of aromatic amines is 2. The lowest BCUT2D eigenvalue weighted by Crippen LogP contribution is -2.46. The molecule has 4 heterocycles. The van der Waals surface area contributed by atoms with Gasteiger partial charge in [0.25, 0.3) is 11.1 Å². The summed E-state index contributed by atoms with van der Waals surface area (Å²) in [5, 5.41) is 0.951. The van der Waals surface area contributed by atoms with Gasteiger partial charge in [0.05, 0.1) is 0 Å². The minimum atomic E-state index is -0.373. The van der Waals surface area contributed by atoms with Gasteiger partial charge in [0.1, 0.15) is 22.2 Å². The predicted octanol–water partition coefficient (Wildman–Crippen LogP) is 2.64.